The molecule has 17 heavy (non-hydrogen) atoms. The molecule has 0 aromatic heterocycles. The van der Waals surface area contributed by atoms with Gasteiger partial charge in [-0.2, -0.15) is 0 Å². The van der Waals surface area contributed by atoms with E-state index in [1.54, 1.807) is 0 Å². The van der Waals surface area contributed by atoms with Gasteiger partial charge in [-0.05, 0) is 27.4 Å². The Morgan fingerprint density at radius 2 is 1.24 bits per heavy atom. The first kappa shape index (κ1) is 18.0. The van der Waals surface area contributed by atoms with Gasteiger partial charge in [-0.3, -0.25) is 5.09 Å². The molecule has 0 rings (SSSR count). The van der Waals surface area contributed by atoms with Crippen LogP contribution in [0.5, 0.6) is 0 Å². The van der Waals surface area contributed by atoms with Crippen molar-refractivity contribution in [2.24, 2.45) is 0 Å². The summed E-state index contributed by atoms with van der Waals surface area (Å²) in [5.41, 5.74) is 0.0990. The fourth-order valence-corrected chi connectivity index (χ4v) is 26.9. The summed E-state index contributed by atoms with van der Waals surface area (Å²) in [6, 6.07) is 0. The summed E-state index contributed by atoms with van der Waals surface area (Å²) in [6.07, 6.45) is -1.63. The summed E-state index contributed by atoms with van der Waals surface area (Å²) in [5.74, 6) is 0. The number of nitrogens with one attached hydrogen (secondary N) is 1. The van der Waals surface area contributed by atoms with Crippen LogP contribution in [0.2, 0.25) is 39.3 Å². The number of rotatable bonds is 4. The predicted octanol–water partition coefficient (Wildman–Crippen LogP) is 4.29. The maximum atomic E-state index is 6.00. The van der Waals surface area contributed by atoms with Gasteiger partial charge in [0.15, 0.2) is 0 Å². The third-order valence-corrected chi connectivity index (χ3v) is 18.2. The highest BCUT2D eigenvalue weighted by atomic mass is 32.4. The van der Waals surface area contributed by atoms with Gasteiger partial charge in [-0.1, -0.05) is 51.1 Å². The van der Waals surface area contributed by atoms with Crippen LogP contribution in [0.4, 0.5) is 0 Å². The van der Waals surface area contributed by atoms with E-state index in [4.69, 9.17) is 11.8 Å². The van der Waals surface area contributed by atoms with Crippen molar-refractivity contribution in [3.05, 3.63) is 0 Å². The second-order valence-electron chi connectivity index (χ2n) is 7.89. The van der Waals surface area contributed by atoms with E-state index in [9.17, 15) is 0 Å². The van der Waals surface area contributed by atoms with Gasteiger partial charge in [0.2, 0.25) is 0 Å². The molecule has 0 saturated carbocycles. The number of hydrogen-bond donors (Lipinski definition) is 1. The number of hydrogen-bond acceptors (Lipinski definition) is 1. The molecule has 1 atom stereocenters. The van der Waals surface area contributed by atoms with Crippen LogP contribution in [0, 0.1) is 0 Å². The largest absolute Gasteiger partial charge is 0.306 e. The van der Waals surface area contributed by atoms with Gasteiger partial charge in [0.25, 0.3) is 0 Å². The van der Waals surface area contributed by atoms with Crippen molar-refractivity contribution in [3.8, 4) is 0 Å². The molecule has 104 valence electrons. The van der Waals surface area contributed by atoms with Crippen molar-refractivity contribution in [3.63, 3.8) is 0 Å². The van der Waals surface area contributed by atoms with Crippen molar-refractivity contribution in [2.45, 2.75) is 65.6 Å². The van der Waals surface area contributed by atoms with Crippen LogP contribution in [0.15, 0.2) is 0 Å². The molecule has 0 aromatic rings. The average molecular weight is 311 g/mol. The minimum absolute atomic E-state index is 0.0990. The summed E-state index contributed by atoms with van der Waals surface area (Å²) in [7, 11) is -2.76. The molecule has 0 amide bonds. The topological polar surface area (TPSA) is 15.3 Å². The van der Waals surface area contributed by atoms with Gasteiger partial charge in [-0.25, -0.2) is 0 Å². The Morgan fingerprint density at radius 1 is 0.941 bits per heavy atom. The van der Waals surface area contributed by atoms with E-state index in [0.717, 1.165) is 0 Å². The Kier molecular flexibility index (Phi) is 5.48. The molecule has 0 radical (unpaired) electrons. The van der Waals surface area contributed by atoms with E-state index in [1.807, 2.05) is 0 Å². The standard InChI is InChI=1S/C11H31N2PSSi2/c1-11(2,3)12-14(4,15)13(16(5,6)7)17(8,9)10/h1-10H3,(H,12,15). The highest BCUT2D eigenvalue weighted by Crippen LogP contribution is 2.50. The molecule has 0 bridgehead atoms. The maximum absolute atomic E-state index is 6.00. The lowest BCUT2D eigenvalue weighted by atomic mass is 10.1. The van der Waals surface area contributed by atoms with Crippen LogP contribution in [0.3, 0.4) is 0 Å². The Labute approximate surface area is 116 Å². The molecule has 0 saturated heterocycles. The van der Waals surface area contributed by atoms with Crippen LogP contribution in [0.1, 0.15) is 20.8 Å². The molecular formula is C11H31N2PSSi2. The lowest BCUT2D eigenvalue weighted by Gasteiger charge is -2.51. The van der Waals surface area contributed by atoms with Crippen molar-refractivity contribution in [1.82, 2.24) is 9.09 Å². The van der Waals surface area contributed by atoms with Crippen LogP contribution in [-0.2, 0) is 11.8 Å². The zero-order valence-corrected chi connectivity index (χ0v) is 17.0. The van der Waals surface area contributed by atoms with Crippen molar-refractivity contribution >= 4 is 34.6 Å². The Hall–Kier alpha value is 1.00. The van der Waals surface area contributed by atoms with E-state index < -0.39 is 22.8 Å². The molecule has 0 aromatic carbocycles. The molecule has 0 heterocycles. The normalized spacial score (nSPS) is 18.3. The molecule has 0 aliphatic carbocycles. The van der Waals surface area contributed by atoms with Gasteiger partial charge in [0.1, 0.15) is 16.5 Å². The SMILES string of the molecule is CC(C)(C)NP(C)(=S)N([Si](C)(C)C)[Si](C)(C)C. The predicted molar refractivity (Wildman–Crippen MR) is 91.6 cm³/mol. The minimum Gasteiger partial charge on any atom is -0.306 e. The molecule has 2 nitrogen and oxygen atoms in total. The molecule has 1 unspecified atom stereocenters. The third-order valence-electron chi connectivity index (χ3n) is 2.20. The first-order valence-corrected chi connectivity index (χ1v) is 16.3. The van der Waals surface area contributed by atoms with Crippen LogP contribution in [0.25, 0.3) is 0 Å². The Balaban J connectivity index is 5.43. The quantitative estimate of drug-likeness (QED) is 0.616. The summed E-state index contributed by atoms with van der Waals surface area (Å²) in [4.78, 5) is 0. The maximum Gasteiger partial charge on any atom is 0.117 e. The zero-order chi connectivity index (χ0) is 14.3. The first-order valence-electron chi connectivity index (χ1n) is 6.25. The highest BCUT2D eigenvalue weighted by Gasteiger charge is 2.42. The second kappa shape index (κ2) is 5.18. The van der Waals surface area contributed by atoms with Crippen LogP contribution >= 0.6 is 6.34 Å². The lowest BCUT2D eigenvalue weighted by Crippen LogP contribution is -2.59. The highest BCUT2D eigenvalue weighted by molar-refractivity contribution is 8.13. The van der Waals surface area contributed by atoms with Crippen molar-refractivity contribution < 1.29 is 0 Å². The van der Waals surface area contributed by atoms with Gasteiger partial charge in [0, 0.05) is 5.54 Å². The fourth-order valence-electron chi connectivity index (χ4n) is 2.82. The fraction of sp³-hybridized carbons (Fsp3) is 1.00. The lowest BCUT2D eigenvalue weighted by molar-refractivity contribution is 0.523. The number of nitrogens with zero attached hydrogens (tertiary/aromatic N) is 1. The molecule has 1 N–H and O–H groups in total. The molecule has 6 heteroatoms. The van der Waals surface area contributed by atoms with Gasteiger partial charge >= 0.3 is 0 Å². The Morgan fingerprint density at radius 3 is 1.41 bits per heavy atom. The van der Waals surface area contributed by atoms with Crippen LogP contribution < -0.4 is 5.09 Å². The molecule has 0 aliphatic heterocycles. The first-order chi connectivity index (χ1) is 7.07. The molecule has 0 spiro atoms. The van der Waals surface area contributed by atoms with Crippen LogP contribution in [-0.4, -0.2) is 32.7 Å². The van der Waals surface area contributed by atoms with E-state index in [-0.39, 0.29) is 5.54 Å². The smallest absolute Gasteiger partial charge is 0.117 e. The van der Waals surface area contributed by atoms with Crippen molar-refractivity contribution in [1.29, 1.82) is 0 Å². The van der Waals surface area contributed by atoms with E-state index in [1.165, 1.54) is 0 Å². The third kappa shape index (κ3) is 6.12. The van der Waals surface area contributed by atoms with Gasteiger partial charge in [0.05, 0.1) is 6.34 Å². The minimum atomic E-state index is -1.63. The van der Waals surface area contributed by atoms with Gasteiger partial charge < -0.3 is 4.00 Å². The van der Waals surface area contributed by atoms with Gasteiger partial charge in [-0.15, -0.1) is 0 Å². The summed E-state index contributed by atoms with van der Waals surface area (Å²) in [6.45, 7) is 23.4. The monoisotopic (exact) mass is 310 g/mol. The Bertz CT molecular complexity index is 299. The zero-order valence-electron chi connectivity index (χ0n) is 13.3. The summed E-state index contributed by atoms with van der Waals surface area (Å²) >= 11 is 6.00. The molecule has 0 aliphatic rings. The molecular weight excluding hydrogens is 279 g/mol. The summed E-state index contributed by atoms with van der Waals surface area (Å²) in [5, 5.41) is 3.73. The van der Waals surface area contributed by atoms with E-state index >= 15 is 0 Å². The second-order valence-corrected chi connectivity index (χ2v) is 23.2. The summed E-state index contributed by atoms with van der Waals surface area (Å²) < 4.78 is 2.76. The van der Waals surface area contributed by atoms with Crippen molar-refractivity contribution in [2.75, 3.05) is 6.66 Å². The average Bonchev–Trinajstić information content (AvgIpc) is 1.66. The van der Waals surface area contributed by atoms with E-state index in [0.29, 0.717) is 0 Å². The van der Waals surface area contributed by atoms with E-state index in [2.05, 4.69) is 75.8 Å². The molecule has 0 fully saturated rings.